The number of carbonyl (C=O) groups is 1. The number of nitrogens with zero attached hydrogens (tertiary/aromatic N) is 2. The van der Waals surface area contributed by atoms with Gasteiger partial charge in [0.1, 0.15) is 16.7 Å². The summed E-state index contributed by atoms with van der Waals surface area (Å²) in [7, 11) is 0. The first-order chi connectivity index (χ1) is 13.9. The number of halogens is 1. The predicted octanol–water partition coefficient (Wildman–Crippen LogP) is 4.18. The van der Waals surface area contributed by atoms with Gasteiger partial charge in [0.05, 0.1) is 30.9 Å². The van der Waals surface area contributed by atoms with E-state index in [1.807, 2.05) is 19.9 Å². The molecule has 3 rings (SSSR count). The van der Waals surface area contributed by atoms with Gasteiger partial charge < -0.3 is 15.0 Å². The lowest BCUT2D eigenvalue weighted by atomic mass is 10.1. The summed E-state index contributed by atoms with van der Waals surface area (Å²) >= 11 is 1.56. The molecule has 1 aliphatic rings. The largest absolute Gasteiger partial charge is 0.377 e. The van der Waals surface area contributed by atoms with Crippen molar-refractivity contribution in [3.63, 3.8) is 0 Å². The number of ether oxygens (including phenoxy) is 1. The Morgan fingerprint density at radius 2 is 2.03 bits per heavy atom. The van der Waals surface area contributed by atoms with Crippen molar-refractivity contribution >= 4 is 23.5 Å². The highest BCUT2D eigenvalue weighted by Crippen LogP contribution is 2.30. The average Bonchev–Trinajstić information content (AvgIpc) is 2.66. The van der Waals surface area contributed by atoms with Crippen LogP contribution in [0.4, 0.5) is 10.2 Å². The summed E-state index contributed by atoms with van der Waals surface area (Å²) in [5, 5.41) is 3.63. The number of morpholine rings is 1. The summed E-state index contributed by atoms with van der Waals surface area (Å²) < 4.78 is 19.0. The Morgan fingerprint density at radius 3 is 2.69 bits per heavy atom. The zero-order valence-corrected chi connectivity index (χ0v) is 18.2. The van der Waals surface area contributed by atoms with Crippen molar-refractivity contribution in [3.8, 4) is 0 Å². The fourth-order valence-corrected chi connectivity index (χ4v) is 4.48. The molecule has 1 N–H and O–H groups in total. The van der Waals surface area contributed by atoms with Crippen molar-refractivity contribution in [1.29, 1.82) is 0 Å². The molecular formula is C22H28FN3O2S. The maximum atomic E-state index is 13.4. The standard InChI is InChI=1S/C22H28FN3O2S/c1-5-29-22-20(21(27)24-11-17-7-6-8-18(23)10-17)14(2)9-19(25-22)26-15(3)12-28-13-16(26)4/h6-10,15-16H,5,11-13H2,1-4H3,(H,24,27). The van der Waals surface area contributed by atoms with Gasteiger partial charge in [0, 0.05) is 6.54 Å². The summed E-state index contributed by atoms with van der Waals surface area (Å²) in [6.07, 6.45) is 0. The molecule has 156 valence electrons. The van der Waals surface area contributed by atoms with Gasteiger partial charge in [0.15, 0.2) is 0 Å². The number of carbonyl (C=O) groups excluding carboxylic acids is 1. The molecule has 0 saturated carbocycles. The van der Waals surface area contributed by atoms with Crippen LogP contribution in [0, 0.1) is 12.7 Å². The third-order valence-electron chi connectivity index (χ3n) is 4.95. The van der Waals surface area contributed by atoms with Gasteiger partial charge >= 0.3 is 0 Å². The van der Waals surface area contributed by atoms with Crippen LogP contribution in [0.1, 0.15) is 42.3 Å². The van der Waals surface area contributed by atoms with Crippen molar-refractivity contribution in [2.75, 3.05) is 23.9 Å². The van der Waals surface area contributed by atoms with E-state index in [0.717, 1.165) is 27.7 Å². The topological polar surface area (TPSA) is 54.5 Å². The van der Waals surface area contributed by atoms with Crippen LogP contribution in [-0.4, -0.2) is 41.9 Å². The first-order valence-electron chi connectivity index (χ1n) is 9.93. The first-order valence-corrected chi connectivity index (χ1v) is 10.9. The Balaban J connectivity index is 1.86. The van der Waals surface area contributed by atoms with Gasteiger partial charge in [-0.15, -0.1) is 11.8 Å². The lowest BCUT2D eigenvalue weighted by molar-refractivity contribution is 0.0751. The van der Waals surface area contributed by atoms with E-state index in [2.05, 4.69) is 24.1 Å². The van der Waals surface area contributed by atoms with Crippen LogP contribution < -0.4 is 10.2 Å². The Kier molecular flexibility index (Phi) is 7.14. The molecule has 2 aromatic rings. The molecule has 2 heterocycles. The van der Waals surface area contributed by atoms with Crippen molar-refractivity contribution in [2.24, 2.45) is 0 Å². The van der Waals surface area contributed by atoms with Crippen LogP contribution in [0.2, 0.25) is 0 Å². The molecular weight excluding hydrogens is 389 g/mol. The van der Waals surface area contributed by atoms with E-state index in [0.29, 0.717) is 18.8 Å². The van der Waals surface area contributed by atoms with E-state index in [-0.39, 0.29) is 30.4 Å². The number of aromatic nitrogens is 1. The molecule has 5 nitrogen and oxygen atoms in total. The summed E-state index contributed by atoms with van der Waals surface area (Å²) in [4.78, 5) is 20.1. The molecule has 1 fully saturated rings. The molecule has 7 heteroatoms. The number of amides is 1. The van der Waals surface area contributed by atoms with Gasteiger partial charge in [-0.05, 0) is 55.9 Å². The zero-order valence-electron chi connectivity index (χ0n) is 17.4. The zero-order chi connectivity index (χ0) is 21.0. The average molecular weight is 418 g/mol. The molecule has 0 radical (unpaired) electrons. The predicted molar refractivity (Wildman–Crippen MR) is 115 cm³/mol. The minimum absolute atomic E-state index is 0.190. The SMILES string of the molecule is CCSc1nc(N2C(C)COCC2C)cc(C)c1C(=O)NCc1cccc(F)c1. The van der Waals surface area contributed by atoms with Gasteiger partial charge in [0.25, 0.3) is 5.91 Å². The normalized spacial score (nSPS) is 19.3. The van der Waals surface area contributed by atoms with Gasteiger partial charge in [-0.2, -0.15) is 0 Å². The molecule has 29 heavy (non-hydrogen) atoms. The molecule has 1 amide bonds. The second-order valence-electron chi connectivity index (χ2n) is 7.37. The molecule has 0 spiro atoms. The van der Waals surface area contributed by atoms with Crippen molar-refractivity contribution in [3.05, 3.63) is 52.8 Å². The number of rotatable bonds is 6. The van der Waals surface area contributed by atoms with Gasteiger partial charge in [-0.25, -0.2) is 9.37 Å². The lowest BCUT2D eigenvalue weighted by Gasteiger charge is -2.40. The van der Waals surface area contributed by atoms with Crippen LogP contribution in [0.15, 0.2) is 35.4 Å². The summed E-state index contributed by atoms with van der Waals surface area (Å²) in [5.74, 6) is 1.19. The number of anilines is 1. The van der Waals surface area contributed by atoms with E-state index in [1.54, 1.807) is 23.9 Å². The van der Waals surface area contributed by atoms with Crippen LogP contribution in [0.3, 0.4) is 0 Å². The molecule has 1 aromatic carbocycles. The molecule has 1 aromatic heterocycles. The molecule has 1 saturated heterocycles. The van der Waals surface area contributed by atoms with Crippen LogP contribution >= 0.6 is 11.8 Å². The summed E-state index contributed by atoms with van der Waals surface area (Å²) in [6, 6.07) is 8.67. The van der Waals surface area contributed by atoms with E-state index < -0.39 is 0 Å². The number of thioether (sulfide) groups is 1. The summed E-state index contributed by atoms with van der Waals surface area (Å²) in [6.45, 7) is 9.83. The van der Waals surface area contributed by atoms with E-state index in [9.17, 15) is 9.18 Å². The monoisotopic (exact) mass is 417 g/mol. The van der Waals surface area contributed by atoms with Crippen LogP contribution in [-0.2, 0) is 11.3 Å². The number of hydrogen-bond donors (Lipinski definition) is 1. The molecule has 2 unspecified atom stereocenters. The fourth-order valence-electron chi connectivity index (χ4n) is 3.65. The van der Waals surface area contributed by atoms with E-state index in [1.165, 1.54) is 12.1 Å². The van der Waals surface area contributed by atoms with Crippen LogP contribution in [0.5, 0.6) is 0 Å². The molecule has 1 aliphatic heterocycles. The van der Waals surface area contributed by atoms with E-state index in [4.69, 9.17) is 9.72 Å². The van der Waals surface area contributed by atoms with Crippen LogP contribution in [0.25, 0.3) is 0 Å². The van der Waals surface area contributed by atoms with E-state index >= 15 is 0 Å². The van der Waals surface area contributed by atoms with Crippen molar-refractivity contribution < 1.29 is 13.9 Å². The smallest absolute Gasteiger partial charge is 0.254 e. The lowest BCUT2D eigenvalue weighted by Crippen LogP contribution is -2.50. The Morgan fingerprint density at radius 1 is 1.31 bits per heavy atom. The van der Waals surface area contributed by atoms with Gasteiger partial charge in [0.2, 0.25) is 0 Å². The highest BCUT2D eigenvalue weighted by molar-refractivity contribution is 7.99. The van der Waals surface area contributed by atoms with Crippen molar-refractivity contribution in [1.82, 2.24) is 10.3 Å². The summed E-state index contributed by atoms with van der Waals surface area (Å²) in [5.41, 5.74) is 2.19. The highest BCUT2D eigenvalue weighted by atomic mass is 32.2. The Bertz CT molecular complexity index is 867. The number of pyridine rings is 1. The van der Waals surface area contributed by atoms with Crippen molar-refractivity contribution in [2.45, 2.75) is 51.3 Å². The third-order valence-corrected chi connectivity index (χ3v) is 5.81. The molecule has 2 atom stereocenters. The minimum atomic E-state index is -0.310. The number of benzene rings is 1. The Labute approximate surface area is 176 Å². The Hall–Kier alpha value is -2.12. The third kappa shape index (κ3) is 5.08. The maximum Gasteiger partial charge on any atom is 0.254 e. The fraction of sp³-hybridized carbons (Fsp3) is 0.455. The number of nitrogens with one attached hydrogen (secondary N) is 1. The first kappa shape index (κ1) is 21.6. The number of aryl methyl sites for hydroxylation is 1. The highest BCUT2D eigenvalue weighted by Gasteiger charge is 2.28. The van der Waals surface area contributed by atoms with Gasteiger partial charge in [-0.1, -0.05) is 19.1 Å². The molecule has 0 bridgehead atoms. The minimum Gasteiger partial charge on any atom is -0.377 e. The number of hydrogen-bond acceptors (Lipinski definition) is 5. The second-order valence-corrected chi connectivity index (χ2v) is 8.62. The molecule has 0 aliphatic carbocycles. The quantitative estimate of drug-likeness (QED) is 0.715. The second kappa shape index (κ2) is 9.59. The maximum absolute atomic E-state index is 13.4. The van der Waals surface area contributed by atoms with Gasteiger partial charge in [-0.3, -0.25) is 4.79 Å².